The molecule has 0 saturated carbocycles. The van der Waals surface area contributed by atoms with Crippen molar-refractivity contribution in [3.05, 3.63) is 28.2 Å². The fourth-order valence-electron chi connectivity index (χ4n) is 2.30. The van der Waals surface area contributed by atoms with E-state index < -0.39 is 12.0 Å². The van der Waals surface area contributed by atoms with Crippen LogP contribution in [0.15, 0.2) is 18.2 Å². The maximum absolute atomic E-state index is 12.1. The molecular weight excluding hydrogens is 317 g/mol. The van der Waals surface area contributed by atoms with Crippen molar-refractivity contribution in [3.63, 3.8) is 0 Å². The third-order valence-corrected chi connectivity index (χ3v) is 3.88. The molecule has 0 radical (unpaired) electrons. The summed E-state index contributed by atoms with van der Waals surface area (Å²) < 4.78 is 5.36. The summed E-state index contributed by atoms with van der Waals surface area (Å²) in [4.78, 5) is 24.7. The van der Waals surface area contributed by atoms with Crippen LogP contribution < -0.4 is 4.74 Å². The lowest BCUT2D eigenvalue weighted by molar-refractivity contribution is -0.152. The highest BCUT2D eigenvalue weighted by Gasteiger charge is 2.32. The van der Waals surface area contributed by atoms with Gasteiger partial charge in [-0.2, -0.15) is 0 Å². The summed E-state index contributed by atoms with van der Waals surface area (Å²) >= 11 is 11.7. The standard InChI is InChI=1S/C14H15Cl2NO4/c15-9-4-5-12(10(16)7-9)21-8-13(18)17-6-2-1-3-11(17)14(19)20/h4-5,7,11H,1-3,6,8H2,(H,19,20)/t11-/m1/s1. The topological polar surface area (TPSA) is 66.8 Å². The molecule has 1 aromatic rings. The minimum absolute atomic E-state index is 0.245. The summed E-state index contributed by atoms with van der Waals surface area (Å²) in [6, 6.07) is 3.93. The minimum atomic E-state index is -0.979. The van der Waals surface area contributed by atoms with E-state index in [2.05, 4.69) is 0 Å². The molecule has 114 valence electrons. The van der Waals surface area contributed by atoms with Crippen LogP contribution in [-0.4, -0.2) is 41.1 Å². The first-order valence-electron chi connectivity index (χ1n) is 6.59. The Morgan fingerprint density at radius 3 is 2.76 bits per heavy atom. The SMILES string of the molecule is O=C(O)[C@H]1CCCCN1C(=O)COc1ccc(Cl)cc1Cl. The molecule has 21 heavy (non-hydrogen) atoms. The molecule has 1 amide bonds. The van der Waals surface area contributed by atoms with Crippen LogP contribution in [-0.2, 0) is 9.59 Å². The molecule has 1 N–H and O–H groups in total. The summed E-state index contributed by atoms with van der Waals surface area (Å²) in [6.07, 6.45) is 2.09. The molecule has 1 atom stereocenters. The van der Waals surface area contributed by atoms with Crippen molar-refractivity contribution in [2.24, 2.45) is 0 Å². The van der Waals surface area contributed by atoms with Gasteiger partial charge < -0.3 is 14.7 Å². The first kappa shape index (κ1) is 15.9. The van der Waals surface area contributed by atoms with Crippen molar-refractivity contribution in [2.75, 3.05) is 13.2 Å². The van der Waals surface area contributed by atoms with Gasteiger partial charge in [0.1, 0.15) is 11.8 Å². The van der Waals surface area contributed by atoms with E-state index >= 15 is 0 Å². The number of hydrogen-bond donors (Lipinski definition) is 1. The molecule has 0 bridgehead atoms. The Morgan fingerprint density at radius 1 is 1.33 bits per heavy atom. The van der Waals surface area contributed by atoms with E-state index in [9.17, 15) is 9.59 Å². The molecule has 2 rings (SSSR count). The van der Waals surface area contributed by atoms with Gasteiger partial charge in [-0.3, -0.25) is 4.79 Å². The molecule has 0 aromatic heterocycles. The second-order valence-electron chi connectivity index (χ2n) is 4.80. The highest BCUT2D eigenvalue weighted by atomic mass is 35.5. The van der Waals surface area contributed by atoms with Gasteiger partial charge in [-0.1, -0.05) is 23.2 Å². The van der Waals surface area contributed by atoms with Gasteiger partial charge in [0.15, 0.2) is 6.61 Å². The smallest absolute Gasteiger partial charge is 0.326 e. The molecule has 1 saturated heterocycles. The molecule has 1 heterocycles. The number of nitrogens with zero attached hydrogens (tertiary/aromatic N) is 1. The average molecular weight is 332 g/mol. The highest BCUT2D eigenvalue weighted by Crippen LogP contribution is 2.27. The predicted molar refractivity (Wildman–Crippen MR) is 78.9 cm³/mol. The van der Waals surface area contributed by atoms with Crippen LogP contribution in [0.25, 0.3) is 0 Å². The Morgan fingerprint density at radius 2 is 2.10 bits per heavy atom. The Labute approximate surface area is 132 Å². The number of piperidine rings is 1. The van der Waals surface area contributed by atoms with Crippen molar-refractivity contribution in [1.29, 1.82) is 0 Å². The van der Waals surface area contributed by atoms with Crippen molar-refractivity contribution < 1.29 is 19.4 Å². The van der Waals surface area contributed by atoms with E-state index in [0.29, 0.717) is 28.8 Å². The molecule has 5 nitrogen and oxygen atoms in total. The number of carboxylic acids is 1. The third kappa shape index (κ3) is 4.02. The quantitative estimate of drug-likeness (QED) is 0.921. The van der Waals surface area contributed by atoms with Gasteiger partial charge in [-0.05, 0) is 37.5 Å². The maximum Gasteiger partial charge on any atom is 0.326 e. The van der Waals surface area contributed by atoms with Gasteiger partial charge in [-0.25, -0.2) is 4.79 Å². The number of carbonyl (C=O) groups is 2. The average Bonchev–Trinajstić information content (AvgIpc) is 2.46. The van der Waals surface area contributed by atoms with Gasteiger partial charge in [0.2, 0.25) is 0 Å². The summed E-state index contributed by atoms with van der Waals surface area (Å²) in [5, 5.41) is 9.93. The van der Waals surface area contributed by atoms with E-state index in [1.165, 1.54) is 11.0 Å². The summed E-state index contributed by atoms with van der Waals surface area (Å²) in [5.41, 5.74) is 0. The van der Waals surface area contributed by atoms with Crippen LogP contribution in [0.1, 0.15) is 19.3 Å². The summed E-state index contributed by atoms with van der Waals surface area (Å²) in [5.74, 6) is -0.987. The zero-order valence-corrected chi connectivity index (χ0v) is 12.7. The zero-order valence-electron chi connectivity index (χ0n) is 11.2. The molecule has 1 aromatic carbocycles. The highest BCUT2D eigenvalue weighted by molar-refractivity contribution is 6.35. The lowest BCUT2D eigenvalue weighted by Gasteiger charge is -2.32. The largest absolute Gasteiger partial charge is 0.482 e. The number of aliphatic carboxylic acids is 1. The number of ether oxygens (including phenoxy) is 1. The molecule has 0 unspecified atom stereocenters. The number of rotatable bonds is 4. The van der Waals surface area contributed by atoms with Crippen molar-refractivity contribution >= 4 is 35.1 Å². The molecule has 1 fully saturated rings. The summed E-state index contributed by atoms with van der Waals surface area (Å²) in [6.45, 7) is 0.193. The van der Waals surface area contributed by atoms with Crippen LogP contribution in [0.3, 0.4) is 0 Å². The van der Waals surface area contributed by atoms with E-state index in [4.69, 9.17) is 33.0 Å². The number of benzene rings is 1. The Hall–Kier alpha value is -1.46. The number of hydrogen-bond acceptors (Lipinski definition) is 3. The maximum atomic E-state index is 12.1. The minimum Gasteiger partial charge on any atom is -0.482 e. The Kier molecular flexibility index (Phi) is 5.31. The monoisotopic (exact) mass is 331 g/mol. The lowest BCUT2D eigenvalue weighted by Crippen LogP contribution is -2.49. The van der Waals surface area contributed by atoms with Crippen LogP contribution >= 0.6 is 23.2 Å². The third-order valence-electron chi connectivity index (χ3n) is 3.35. The van der Waals surface area contributed by atoms with Gasteiger partial charge in [0.05, 0.1) is 5.02 Å². The van der Waals surface area contributed by atoms with E-state index in [1.54, 1.807) is 12.1 Å². The zero-order chi connectivity index (χ0) is 15.4. The van der Waals surface area contributed by atoms with Gasteiger partial charge in [0.25, 0.3) is 5.91 Å². The van der Waals surface area contributed by atoms with Crippen LogP contribution in [0.5, 0.6) is 5.75 Å². The molecule has 1 aliphatic heterocycles. The van der Waals surface area contributed by atoms with Crippen molar-refractivity contribution in [1.82, 2.24) is 4.90 Å². The number of amides is 1. The van der Waals surface area contributed by atoms with Gasteiger partial charge in [-0.15, -0.1) is 0 Å². The lowest BCUT2D eigenvalue weighted by atomic mass is 10.0. The fraction of sp³-hybridized carbons (Fsp3) is 0.429. The Balaban J connectivity index is 1.98. The predicted octanol–water partition coefficient (Wildman–Crippen LogP) is 2.84. The second kappa shape index (κ2) is 7.00. The van der Waals surface area contributed by atoms with Gasteiger partial charge >= 0.3 is 5.97 Å². The van der Waals surface area contributed by atoms with E-state index in [-0.39, 0.29) is 12.5 Å². The molecular formula is C14H15Cl2NO4. The number of halogens is 2. The van der Waals surface area contributed by atoms with Crippen molar-refractivity contribution in [2.45, 2.75) is 25.3 Å². The second-order valence-corrected chi connectivity index (χ2v) is 5.64. The van der Waals surface area contributed by atoms with Gasteiger partial charge in [0, 0.05) is 11.6 Å². The normalized spacial score (nSPS) is 18.4. The summed E-state index contributed by atoms with van der Waals surface area (Å²) in [7, 11) is 0. The Bertz CT molecular complexity index is 550. The molecule has 0 aliphatic carbocycles. The first-order valence-corrected chi connectivity index (χ1v) is 7.35. The number of carbonyl (C=O) groups excluding carboxylic acids is 1. The number of likely N-dealkylation sites (tertiary alicyclic amines) is 1. The molecule has 7 heteroatoms. The van der Waals surface area contributed by atoms with Crippen LogP contribution in [0.2, 0.25) is 10.0 Å². The van der Waals surface area contributed by atoms with Crippen LogP contribution in [0.4, 0.5) is 0 Å². The fourth-order valence-corrected chi connectivity index (χ4v) is 2.76. The van der Waals surface area contributed by atoms with Crippen molar-refractivity contribution in [3.8, 4) is 5.75 Å². The van der Waals surface area contributed by atoms with E-state index in [0.717, 1.165) is 12.8 Å². The molecule has 1 aliphatic rings. The first-order chi connectivity index (χ1) is 9.99. The van der Waals surface area contributed by atoms with Crippen LogP contribution in [0, 0.1) is 0 Å². The van der Waals surface area contributed by atoms with E-state index in [1.807, 2.05) is 0 Å². The number of carboxylic acid groups (broad SMARTS) is 1. The molecule has 0 spiro atoms.